The van der Waals surface area contributed by atoms with Gasteiger partial charge in [0.15, 0.2) is 0 Å². The highest BCUT2D eigenvalue weighted by Gasteiger charge is 2.27. The molecule has 0 saturated carbocycles. The van der Waals surface area contributed by atoms with Crippen LogP contribution in [0.3, 0.4) is 0 Å². The third-order valence-corrected chi connectivity index (χ3v) is 3.54. The molecule has 2 heteroatoms. The van der Waals surface area contributed by atoms with Crippen LogP contribution >= 0.6 is 0 Å². The predicted octanol–water partition coefficient (Wildman–Crippen LogP) is 8.63. The van der Waals surface area contributed by atoms with Crippen LogP contribution < -0.4 is 0 Å². The maximum atomic E-state index is 5.61. The van der Waals surface area contributed by atoms with Gasteiger partial charge in [0, 0.05) is 19.8 Å². The van der Waals surface area contributed by atoms with Crippen molar-refractivity contribution in [2.75, 3.05) is 19.8 Å². The fraction of sp³-hybridized carbons (Fsp3) is 1.00. The lowest BCUT2D eigenvalue weighted by Crippen LogP contribution is -2.22. The molecule has 1 rings (SSSR count). The second-order valence-electron chi connectivity index (χ2n) is 12.2. The Labute approximate surface area is 175 Å². The van der Waals surface area contributed by atoms with Crippen molar-refractivity contribution in [1.29, 1.82) is 0 Å². The van der Waals surface area contributed by atoms with Gasteiger partial charge in [0.05, 0.1) is 5.60 Å². The summed E-state index contributed by atoms with van der Waals surface area (Å²) in [6.07, 6.45) is 2.38. The van der Waals surface area contributed by atoms with Crippen molar-refractivity contribution < 1.29 is 9.47 Å². The van der Waals surface area contributed by atoms with Crippen LogP contribution in [0, 0.1) is 22.2 Å². The molecule has 1 fully saturated rings. The van der Waals surface area contributed by atoms with E-state index >= 15 is 0 Å². The average molecular weight is 391 g/mol. The topological polar surface area (TPSA) is 18.5 Å². The van der Waals surface area contributed by atoms with Crippen molar-refractivity contribution in [3.63, 3.8) is 0 Å². The van der Waals surface area contributed by atoms with Crippen LogP contribution in [-0.4, -0.2) is 25.4 Å². The third kappa shape index (κ3) is 33.9. The van der Waals surface area contributed by atoms with Crippen LogP contribution in [0.5, 0.6) is 0 Å². The molecule has 170 valence electrons. The lowest BCUT2D eigenvalue weighted by molar-refractivity contribution is -0.0139. The van der Waals surface area contributed by atoms with Crippen molar-refractivity contribution >= 4 is 0 Å². The van der Waals surface area contributed by atoms with Gasteiger partial charge in [-0.05, 0) is 55.8 Å². The Bertz CT molecular complexity index is 292. The van der Waals surface area contributed by atoms with Gasteiger partial charge in [-0.1, -0.05) is 84.1 Å². The fourth-order valence-corrected chi connectivity index (χ4v) is 1.88. The summed E-state index contributed by atoms with van der Waals surface area (Å²) in [4.78, 5) is 0. The van der Waals surface area contributed by atoms with Gasteiger partial charge in [-0.15, -0.1) is 0 Å². The molecule has 0 radical (unpaired) electrons. The first-order chi connectivity index (χ1) is 10.8. The first kappa shape index (κ1) is 34.4. The zero-order valence-electron chi connectivity index (χ0n) is 19.9. The largest absolute Gasteiger partial charge is 0.381 e. The molecule has 0 aromatic heterocycles. The molecule has 0 bridgehead atoms. The van der Waals surface area contributed by atoms with Gasteiger partial charge < -0.3 is 9.47 Å². The van der Waals surface area contributed by atoms with Gasteiger partial charge in [-0.3, -0.25) is 0 Å². The first-order valence-corrected chi connectivity index (χ1v) is 10.0. The zero-order valence-corrected chi connectivity index (χ0v) is 19.9. The minimum absolute atomic E-state index is 0. The Morgan fingerprint density at radius 2 is 1.19 bits per heavy atom. The molecular formula is C25H58O2. The van der Waals surface area contributed by atoms with E-state index in [0.717, 1.165) is 32.2 Å². The van der Waals surface area contributed by atoms with Crippen molar-refractivity contribution in [1.82, 2.24) is 0 Å². The Morgan fingerprint density at radius 1 is 0.778 bits per heavy atom. The molecule has 1 unspecified atom stereocenters. The standard InChI is InChI=1S/C10H22O.C8H16O.C5H12.2CH4/c1-9(2,3)7-8-11-10(4,5)6;1-8(2,3)7-4-5-9-6-7;1-5(2,3)4;;/h7-8H2,1-6H3;7H,4-6H2,1-3H3;1-4H3;2*1H4. The van der Waals surface area contributed by atoms with Gasteiger partial charge in [-0.2, -0.15) is 0 Å². The van der Waals surface area contributed by atoms with Crippen LogP contribution in [0.4, 0.5) is 0 Å². The van der Waals surface area contributed by atoms with E-state index in [4.69, 9.17) is 9.47 Å². The van der Waals surface area contributed by atoms with Crippen LogP contribution in [0.1, 0.15) is 118 Å². The highest BCUT2D eigenvalue weighted by atomic mass is 16.5. The molecule has 1 heterocycles. The summed E-state index contributed by atoms with van der Waals surface area (Å²) in [6, 6.07) is 0. The monoisotopic (exact) mass is 390 g/mol. The molecule has 1 aliphatic heterocycles. The SMILES string of the molecule is C.C.CC(C)(C)C.CC(C)(C)C1CCOC1.CC(C)(C)CCOC(C)(C)C. The van der Waals surface area contributed by atoms with E-state index in [1.54, 1.807) is 0 Å². The van der Waals surface area contributed by atoms with Crippen molar-refractivity contribution in [2.45, 2.75) is 123 Å². The number of ether oxygens (including phenoxy) is 2. The molecule has 1 saturated heterocycles. The van der Waals surface area contributed by atoms with Gasteiger partial charge >= 0.3 is 0 Å². The summed E-state index contributed by atoms with van der Waals surface area (Å²) in [5.41, 5.74) is 1.37. The van der Waals surface area contributed by atoms with E-state index < -0.39 is 0 Å². The van der Waals surface area contributed by atoms with Gasteiger partial charge in [0.25, 0.3) is 0 Å². The summed E-state index contributed by atoms with van der Waals surface area (Å²) in [5, 5.41) is 0. The Morgan fingerprint density at radius 3 is 1.37 bits per heavy atom. The predicted molar refractivity (Wildman–Crippen MR) is 127 cm³/mol. The number of hydrogen-bond donors (Lipinski definition) is 0. The van der Waals surface area contributed by atoms with Crippen molar-refractivity contribution in [2.24, 2.45) is 22.2 Å². The second kappa shape index (κ2) is 14.0. The van der Waals surface area contributed by atoms with E-state index in [9.17, 15) is 0 Å². The first-order valence-electron chi connectivity index (χ1n) is 10.0. The minimum atomic E-state index is 0. The van der Waals surface area contributed by atoms with Crippen molar-refractivity contribution in [3.8, 4) is 0 Å². The highest BCUT2D eigenvalue weighted by molar-refractivity contribution is 4.76. The summed E-state index contributed by atoms with van der Waals surface area (Å²) in [6.45, 7) is 31.4. The van der Waals surface area contributed by atoms with Crippen LogP contribution in [-0.2, 0) is 9.47 Å². The smallest absolute Gasteiger partial charge is 0.0598 e. The van der Waals surface area contributed by atoms with E-state index in [1.165, 1.54) is 6.42 Å². The lowest BCUT2D eigenvalue weighted by atomic mass is 9.80. The average Bonchev–Trinajstić information content (AvgIpc) is 2.75. The maximum Gasteiger partial charge on any atom is 0.0598 e. The normalized spacial score (nSPS) is 17.4. The zero-order chi connectivity index (χ0) is 20.5. The summed E-state index contributed by atoms with van der Waals surface area (Å²) < 4.78 is 10.9. The lowest BCUT2D eigenvalue weighted by Gasteiger charge is -2.24. The summed E-state index contributed by atoms with van der Waals surface area (Å²) >= 11 is 0. The quantitative estimate of drug-likeness (QED) is 0.469. The molecule has 1 aliphatic rings. The van der Waals surface area contributed by atoms with E-state index in [1.807, 2.05) is 0 Å². The summed E-state index contributed by atoms with van der Waals surface area (Å²) in [5.74, 6) is 0.789. The minimum Gasteiger partial charge on any atom is -0.381 e. The second-order valence-corrected chi connectivity index (χ2v) is 12.2. The molecule has 0 aromatic carbocycles. The number of rotatable bonds is 2. The molecule has 0 amide bonds. The Hall–Kier alpha value is -0.0800. The van der Waals surface area contributed by atoms with Crippen LogP contribution in [0.2, 0.25) is 0 Å². The fourth-order valence-electron chi connectivity index (χ4n) is 1.88. The van der Waals surface area contributed by atoms with Crippen LogP contribution in [0.25, 0.3) is 0 Å². The highest BCUT2D eigenvalue weighted by Crippen LogP contribution is 2.31. The third-order valence-electron chi connectivity index (χ3n) is 3.54. The molecule has 0 N–H and O–H groups in total. The van der Waals surface area contributed by atoms with Gasteiger partial charge in [-0.25, -0.2) is 0 Å². The van der Waals surface area contributed by atoms with Crippen molar-refractivity contribution in [3.05, 3.63) is 0 Å². The van der Waals surface area contributed by atoms with Crippen LogP contribution in [0.15, 0.2) is 0 Å². The maximum absolute atomic E-state index is 5.61. The molecular weight excluding hydrogens is 332 g/mol. The number of hydrogen-bond acceptors (Lipinski definition) is 2. The molecule has 0 aromatic rings. The van der Waals surface area contributed by atoms with E-state index in [2.05, 4.69) is 90.0 Å². The molecule has 2 nitrogen and oxygen atoms in total. The van der Waals surface area contributed by atoms with Gasteiger partial charge in [0.1, 0.15) is 0 Å². The molecule has 0 spiro atoms. The molecule has 27 heavy (non-hydrogen) atoms. The Kier molecular flexibility index (Phi) is 17.8. The Balaban J connectivity index is -0.000000150. The molecule has 1 atom stereocenters. The summed E-state index contributed by atoms with van der Waals surface area (Å²) in [7, 11) is 0. The van der Waals surface area contributed by atoms with E-state index in [0.29, 0.717) is 16.2 Å². The molecule has 0 aliphatic carbocycles. The van der Waals surface area contributed by atoms with E-state index in [-0.39, 0.29) is 20.5 Å². The van der Waals surface area contributed by atoms with Gasteiger partial charge in [0.2, 0.25) is 0 Å².